The van der Waals surface area contributed by atoms with Gasteiger partial charge in [-0.25, -0.2) is 0 Å². The van der Waals surface area contributed by atoms with Gasteiger partial charge in [-0.2, -0.15) is 0 Å². The fourth-order valence-corrected chi connectivity index (χ4v) is 6.84. The first-order valence-corrected chi connectivity index (χ1v) is 17.1. The number of fused-ring (bicyclic) bond motifs is 2. The molecule has 1 amide bonds. The molecule has 3 heterocycles. The van der Waals surface area contributed by atoms with Crippen LogP contribution in [0.1, 0.15) is 75.3 Å². The van der Waals surface area contributed by atoms with Gasteiger partial charge in [0.15, 0.2) is 0 Å². The van der Waals surface area contributed by atoms with Crippen LogP contribution in [0.2, 0.25) is 0 Å². The Morgan fingerprint density at radius 2 is 1.94 bits per heavy atom. The fraction of sp³-hybridized carbons (Fsp3) is 0.541. The zero-order chi connectivity index (χ0) is 33.0. The van der Waals surface area contributed by atoms with Gasteiger partial charge >= 0.3 is 0 Å². The lowest BCUT2D eigenvalue weighted by molar-refractivity contribution is -0.0272. The SMILES string of the molecule is CC(C)OCCOc1ccc2c(COc3cccc4[nH]c(C(=O)NC5CCC(O)(CCN6CC[C@H](O)[C@@H](C)C6)CC5)cc34)coc2c1. The molecule has 4 aromatic rings. The van der Waals surface area contributed by atoms with E-state index in [1.807, 2.05) is 56.3 Å². The number of likely N-dealkylation sites (tertiary alicyclic amines) is 1. The van der Waals surface area contributed by atoms with Gasteiger partial charge in [0.2, 0.25) is 0 Å². The Labute approximate surface area is 276 Å². The molecule has 10 heteroatoms. The molecule has 1 saturated heterocycles. The second kappa shape index (κ2) is 14.7. The van der Waals surface area contributed by atoms with E-state index in [0.29, 0.717) is 44.1 Å². The van der Waals surface area contributed by atoms with Crippen LogP contribution in [0.25, 0.3) is 21.9 Å². The van der Waals surface area contributed by atoms with Crippen LogP contribution < -0.4 is 14.8 Å². The van der Waals surface area contributed by atoms with Crippen molar-refractivity contribution in [3.8, 4) is 11.5 Å². The van der Waals surface area contributed by atoms with Gasteiger partial charge in [0.1, 0.15) is 36.0 Å². The Morgan fingerprint density at radius 3 is 2.72 bits per heavy atom. The predicted molar refractivity (Wildman–Crippen MR) is 181 cm³/mol. The number of aliphatic hydroxyl groups is 2. The second-order valence-corrected chi connectivity index (χ2v) is 13.7. The summed E-state index contributed by atoms with van der Waals surface area (Å²) in [5.41, 5.74) is 2.25. The molecule has 2 aromatic heterocycles. The minimum atomic E-state index is -0.702. The highest BCUT2D eigenvalue weighted by Crippen LogP contribution is 2.33. The topological polar surface area (TPSA) is 129 Å². The van der Waals surface area contributed by atoms with Crippen LogP contribution in [0.4, 0.5) is 0 Å². The number of amides is 1. The summed E-state index contributed by atoms with van der Waals surface area (Å²) in [5, 5.41) is 26.2. The Balaban J connectivity index is 1.01. The molecule has 0 bridgehead atoms. The molecule has 0 radical (unpaired) electrons. The number of aliphatic hydroxyl groups excluding tert-OH is 1. The molecule has 0 unspecified atom stereocenters. The van der Waals surface area contributed by atoms with Crippen LogP contribution in [0, 0.1) is 5.92 Å². The maximum absolute atomic E-state index is 13.3. The number of aromatic amines is 1. The molecule has 47 heavy (non-hydrogen) atoms. The van der Waals surface area contributed by atoms with Crippen molar-refractivity contribution in [2.45, 2.75) is 89.8 Å². The number of ether oxygens (including phenoxy) is 3. The zero-order valence-corrected chi connectivity index (χ0v) is 27.8. The molecule has 2 atom stereocenters. The summed E-state index contributed by atoms with van der Waals surface area (Å²) in [7, 11) is 0. The van der Waals surface area contributed by atoms with Crippen LogP contribution in [0.5, 0.6) is 11.5 Å². The lowest BCUT2D eigenvalue weighted by Crippen LogP contribution is -2.47. The number of H-pyrrole nitrogens is 1. The van der Waals surface area contributed by atoms with E-state index < -0.39 is 5.60 Å². The quantitative estimate of drug-likeness (QED) is 0.134. The zero-order valence-electron chi connectivity index (χ0n) is 27.8. The predicted octanol–water partition coefficient (Wildman–Crippen LogP) is 5.79. The number of nitrogens with zero attached hydrogens (tertiary/aromatic N) is 1. The average molecular weight is 648 g/mol. The monoisotopic (exact) mass is 647 g/mol. The number of hydrogen-bond acceptors (Lipinski definition) is 8. The molecule has 0 spiro atoms. The number of aromatic nitrogens is 1. The van der Waals surface area contributed by atoms with Crippen LogP contribution >= 0.6 is 0 Å². The van der Waals surface area contributed by atoms with Gasteiger partial charge in [0, 0.05) is 53.6 Å². The van der Waals surface area contributed by atoms with Crippen molar-refractivity contribution in [1.29, 1.82) is 0 Å². The van der Waals surface area contributed by atoms with Crippen LogP contribution in [-0.2, 0) is 11.3 Å². The standard InChI is InChI=1S/C37H49N3O7/c1-24(2)44-17-18-45-28-7-8-29-26(23-47-35(29)19-28)22-46-34-6-4-5-31-30(34)20-32(39-31)36(42)38-27-9-12-37(43,13-10-27)14-16-40-15-11-33(41)25(3)21-40/h4-8,19-20,23-25,27,33,39,41,43H,9-18,21-22H2,1-3H3,(H,38,42)/t25-,27?,33-,37?/m0/s1. The smallest absolute Gasteiger partial charge is 0.267 e. The van der Waals surface area contributed by atoms with E-state index in [1.54, 1.807) is 6.26 Å². The molecule has 2 aliphatic rings. The summed E-state index contributed by atoms with van der Waals surface area (Å²) in [6.07, 6.45) is 5.99. The Morgan fingerprint density at radius 1 is 1.11 bits per heavy atom. The van der Waals surface area contributed by atoms with Crippen LogP contribution in [-0.4, -0.2) is 82.7 Å². The number of piperidine rings is 1. The lowest BCUT2D eigenvalue weighted by atomic mass is 9.80. The number of rotatable bonds is 13. The number of hydrogen-bond donors (Lipinski definition) is 4. The minimum Gasteiger partial charge on any atom is -0.491 e. The molecule has 1 aliphatic heterocycles. The maximum Gasteiger partial charge on any atom is 0.267 e. The number of nitrogens with one attached hydrogen (secondary N) is 2. The van der Waals surface area contributed by atoms with Crippen molar-refractivity contribution in [3.63, 3.8) is 0 Å². The summed E-state index contributed by atoms with van der Waals surface area (Å²) in [4.78, 5) is 18.9. The molecule has 10 nitrogen and oxygen atoms in total. The van der Waals surface area contributed by atoms with E-state index in [2.05, 4.69) is 22.1 Å². The van der Waals surface area contributed by atoms with E-state index in [-0.39, 0.29) is 30.1 Å². The van der Waals surface area contributed by atoms with Crippen LogP contribution in [0.3, 0.4) is 0 Å². The van der Waals surface area contributed by atoms with Gasteiger partial charge in [-0.1, -0.05) is 13.0 Å². The van der Waals surface area contributed by atoms with E-state index in [9.17, 15) is 15.0 Å². The first-order chi connectivity index (χ1) is 22.7. The van der Waals surface area contributed by atoms with Gasteiger partial charge in [0.05, 0.1) is 30.7 Å². The van der Waals surface area contributed by atoms with Crippen molar-refractivity contribution in [1.82, 2.24) is 15.2 Å². The Kier molecular flexibility index (Phi) is 10.4. The van der Waals surface area contributed by atoms with Gasteiger partial charge in [0.25, 0.3) is 5.91 Å². The second-order valence-electron chi connectivity index (χ2n) is 13.7. The molecule has 2 aromatic carbocycles. The highest BCUT2D eigenvalue weighted by molar-refractivity contribution is 5.99. The minimum absolute atomic E-state index is 0.0173. The molecule has 4 N–H and O–H groups in total. The fourth-order valence-electron chi connectivity index (χ4n) is 6.84. The van der Waals surface area contributed by atoms with Gasteiger partial charge in [-0.3, -0.25) is 4.79 Å². The molecule has 254 valence electrons. The average Bonchev–Trinajstić information content (AvgIpc) is 3.68. The van der Waals surface area contributed by atoms with Crippen molar-refractivity contribution in [2.24, 2.45) is 5.92 Å². The van der Waals surface area contributed by atoms with Crippen molar-refractivity contribution < 1.29 is 33.6 Å². The molecule has 1 aliphatic carbocycles. The van der Waals surface area contributed by atoms with Crippen LogP contribution in [0.15, 0.2) is 53.1 Å². The summed E-state index contributed by atoms with van der Waals surface area (Å²) in [5.74, 6) is 1.52. The van der Waals surface area contributed by atoms with Gasteiger partial charge in [-0.05, 0) is 88.6 Å². The van der Waals surface area contributed by atoms with Crippen molar-refractivity contribution >= 4 is 27.8 Å². The number of benzene rings is 2. The Hall–Kier alpha value is -3.57. The highest BCUT2D eigenvalue weighted by Gasteiger charge is 2.35. The van der Waals surface area contributed by atoms with E-state index in [4.69, 9.17) is 18.6 Å². The highest BCUT2D eigenvalue weighted by atomic mass is 16.5. The van der Waals surface area contributed by atoms with Crippen molar-refractivity contribution in [3.05, 3.63) is 60.0 Å². The first kappa shape index (κ1) is 33.3. The van der Waals surface area contributed by atoms with Crippen molar-refractivity contribution in [2.75, 3.05) is 32.8 Å². The number of furan rings is 1. The summed E-state index contributed by atoms with van der Waals surface area (Å²) >= 11 is 0. The molecule has 2 fully saturated rings. The summed E-state index contributed by atoms with van der Waals surface area (Å²) < 4.78 is 23.4. The maximum atomic E-state index is 13.3. The molecular weight excluding hydrogens is 598 g/mol. The van der Waals surface area contributed by atoms with E-state index in [1.165, 1.54) is 0 Å². The largest absolute Gasteiger partial charge is 0.491 e. The lowest BCUT2D eigenvalue weighted by Gasteiger charge is -2.39. The third kappa shape index (κ3) is 8.30. The Bertz CT molecular complexity index is 1640. The molecule has 1 saturated carbocycles. The summed E-state index contributed by atoms with van der Waals surface area (Å²) in [6.45, 7) is 9.98. The molecular formula is C37H49N3O7. The van der Waals surface area contributed by atoms with Gasteiger partial charge in [-0.15, -0.1) is 0 Å². The first-order valence-electron chi connectivity index (χ1n) is 17.1. The third-order valence-electron chi connectivity index (χ3n) is 9.77. The summed E-state index contributed by atoms with van der Waals surface area (Å²) in [6, 6.07) is 13.4. The van der Waals surface area contributed by atoms with E-state index in [0.717, 1.165) is 78.5 Å². The molecule has 6 rings (SSSR count). The van der Waals surface area contributed by atoms with E-state index >= 15 is 0 Å². The third-order valence-corrected chi connectivity index (χ3v) is 9.77. The number of carbonyl (C=O) groups is 1. The van der Waals surface area contributed by atoms with Gasteiger partial charge < -0.3 is 44.0 Å². The number of carbonyl (C=O) groups excluding carboxylic acids is 1. The normalized spacial score (nSPS) is 23.8.